The number of esters is 1. The molecule has 0 spiro atoms. The minimum atomic E-state index is -0.526. The van der Waals surface area contributed by atoms with Gasteiger partial charge in [0.25, 0.3) is 11.5 Å². The van der Waals surface area contributed by atoms with E-state index in [0.717, 1.165) is 5.69 Å². The van der Waals surface area contributed by atoms with Crippen molar-refractivity contribution in [1.82, 2.24) is 14.4 Å². The number of ether oxygens (including phenoxy) is 1. The molecule has 0 unspecified atom stereocenters. The molecule has 1 N–H and O–H groups in total. The van der Waals surface area contributed by atoms with Crippen molar-refractivity contribution in [2.75, 3.05) is 34.4 Å². The van der Waals surface area contributed by atoms with E-state index in [0.29, 0.717) is 29.8 Å². The maximum atomic E-state index is 13.5. The number of benzene rings is 1. The number of likely N-dealkylation sites (N-methyl/N-ethyl adjacent to an activating group) is 1. The van der Waals surface area contributed by atoms with Gasteiger partial charge in [-0.3, -0.25) is 19.3 Å². The molecule has 1 aromatic heterocycles. The van der Waals surface area contributed by atoms with Gasteiger partial charge in [-0.05, 0) is 36.4 Å². The van der Waals surface area contributed by atoms with Gasteiger partial charge in [0.1, 0.15) is 6.04 Å². The normalized spacial score (nSPS) is 24.2. The van der Waals surface area contributed by atoms with E-state index >= 15 is 0 Å². The second-order valence-electron chi connectivity index (χ2n) is 8.62. The van der Waals surface area contributed by atoms with E-state index in [-0.39, 0.29) is 41.9 Å². The van der Waals surface area contributed by atoms with Crippen LogP contribution in [-0.2, 0) is 16.1 Å². The van der Waals surface area contributed by atoms with Gasteiger partial charge in [-0.2, -0.15) is 0 Å². The fraction of sp³-hybridized carbons (Fsp3) is 0.458. The number of nitrogens with zero attached hydrogens (tertiary/aromatic N) is 3. The maximum Gasteiger partial charge on any atom is 0.323 e. The van der Waals surface area contributed by atoms with E-state index in [9.17, 15) is 19.5 Å². The Balaban J connectivity index is 1.76. The summed E-state index contributed by atoms with van der Waals surface area (Å²) in [5.41, 5.74) is 2.45. The molecule has 0 radical (unpaired) electrons. The van der Waals surface area contributed by atoms with Crippen molar-refractivity contribution in [1.29, 1.82) is 0 Å². The number of hydrogen-bond donors (Lipinski definition) is 1. The highest BCUT2D eigenvalue weighted by Gasteiger charge is 2.55. The molecule has 2 aliphatic rings. The van der Waals surface area contributed by atoms with E-state index in [1.165, 1.54) is 12.0 Å². The highest BCUT2D eigenvalue weighted by Crippen LogP contribution is 2.49. The number of carbonyl (C=O) groups is 2. The second kappa shape index (κ2) is 8.52. The van der Waals surface area contributed by atoms with E-state index in [1.54, 1.807) is 42.9 Å². The van der Waals surface area contributed by atoms with Crippen molar-refractivity contribution in [2.45, 2.75) is 25.6 Å². The number of pyridine rings is 1. The first kappa shape index (κ1) is 22.2. The average Bonchev–Trinajstić information content (AvgIpc) is 3.32. The van der Waals surface area contributed by atoms with E-state index < -0.39 is 6.04 Å². The van der Waals surface area contributed by atoms with E-state index in [2.05, 4.69) is 0 Å². The van der Waals surface area contributed by atoms with Gasteiger partial charge in [-0.15, -0.1) is 0 Å². The summed E-state index contributed by atoms with van der Waals surface area (Å²) in [5, 5.41) is 10.1. The zero-order chi connectivity index (χ0) is 23.2. The van der Waals surface area contributed by atoms with Gasteiger partial charge < -0.3 is 19.3 Å². The van der Waals surface area contributed by atoms with E-state index in [4.69, 9.17) is 4.74 Å². The Kier molecular flexibility index (Phi) is 5.92. The van der Waals surface area contributed by atoms with Crippen LogP contribution in [0, 0.1) is 11.8 Å². The number of hydrogen-bond acceptors (Lipinski definition) is 6. The summed E-state index contributed by atoms with van der Waals surface area (Å²) in [5.74, 6) is -0.848. The largest absolute Gasteiger partial charge is 0.468 e. The number of aromatic nitrogens is 1. The molecule has 8 heteroatoms. The Hall–Kier alpha value is -2.97. The van der Waals surface area contributed by atoms with Gasteiger partial charge in [0.15, 0.2) is 0 Å². The number of methoxy groups -OCH3 is 1. The first-order chi connectivity index (χ1) is 15.3. The molecule has 1 saturated heterocycles. The molecule has 32 heavy (non-hydrogen) atoms. The fourth-order valence-corrected chi connectivity index (χ4v) is 5.36. The number of aliphatic hydroxyl groups excluding tert-OH is 1. The Bertz CT molecular complexity index is 1110. The summed E-state index contributed by atoms with van der Waals surface area (Å²) < 4.78 is 6.76. The molecule has 2 aromatic rings. The van der Waals surface area contributed by atoms with Crippen molar-refractivity contribution in [2.24, 2.45) is 11.8 Å². The number of fused-ring (bicyclic) bond motifs is 3. The minimum absolute atomic E-state index is 0.0614. The Morgan fingerprint density at radius 2 is 1.97 bits per heavy atom. The van der Waals surface area contributed by atoms with Gasteiger partial charge in [-0.1, -0.05) is 19.1 Å². The lowest BCUT2D eigenvalue weighted by Gasteiger charge is -2.28. The first-order valence-electron chi connectivity index (χ1n) is 10.8. The number of aliphatic hydroxyl groups is 1. The number of rotatable bonds is 5. The molecule has 8 nitrogen and oxygen atoms in total. The summed E-state index contributed by atoms with van der Waals surface area (Å²) in [6.07, 6.45) is 0. The summed E-state index contributed by atoms with van der Waals surface area (Å²) >= 11 is 0. The Morgan fingerprint density at radius 3 is 2.59 bits per heavy atom. The van der Waals surface area contributed by atoms with Crippen LogP contribution in [0.1, 0.15) is 29.0 Å². The van der Waals surface area contributed by atoms with Crippen LogP contribution in [0.15, 0.2) is 41.2 Å². The lowest BCUT2D eigenvalue weighted by molar-refractivity contribution is -0.148. The third-order valence-electron chi connectivity index (χ3n) is 6.83. The van der Waals surface area contributed by atoms with Gasteiger partial charge in [0.05, 0.1) is 13.2 Å². The summed E-state index contributed by atoms with van der Waals surface area (Å²) in [6, 6.07) is 10.1. The number of carbonyl (C=O) groups excluding carboxylic acids is 2. The second-order valence-corrected chi connectivity index (χ2v) is 8.62. The predicted octanol–water partition coefficient (Wildman–Crippen LogP) is 1.37. The third kappa shape index (κ3) is 3.34. The number of amides is 1. The summed E-state index contributed by atoms with van der Waals surface area (Å²) in [7, 11) is 4.74. The van der Waals surface area contributed by atoms with Crippen LogP contribution < -0.4 is 5.56 Å². The molecule has 1 amide bonds. The molecule has 1 aromatic carbocycles. The Morgan fingerprint density at radius 1 is 1.22 bits per heavy atom. The summed E-state index contributed by atoms with van der Waals surface area (Å²) in [6.45, 7) is 2.84. The topological polar surface area (TPSA) is 92.1 Å². The molecule has 0 bridgehead atoms. The lowest BCUT2D eigenvalue weighted by atomic mass is 9.88. The zero-order valence-electron chi connectivity index (χ0n) is 18.8. The third-order valence-corrected chi connectivity index (χ3v) is 6.83. The molecule has 170 valence electrons. The predicted molar refractivity (Wildman–Crippen MR) is 119 cm³/mol. The Labute approximate surface area is 187 Å². The number of likely N-dealkylation sites (tertiary alicyclic amines) is 1. The van der Waals surface area contributed by atoms with Gasteiger partial charge in [0, 0.05) is 55.9 Å². The first-order valence-corrected chi connectivity index (χ1v) is 10.8. The zero-order valence-corrected chi connectivity index (χ0v) is 18.8. The molecule has 0 saturated carbocycles. The molecule has 1 fully saturated rings. The fourth-order valence-electron chi connectivity index (χ4n) is 5.36. The lowest BCUT2D eigenvalue weighted by Crippen LogP contribution is -2.43. The molecule has 0 aliphatic carbocycles. The van der Waals surface area contributed by atoms with Gasteiger partial charge >= 0.3 is 5.97 Å². The molecule has 4 rings (SSSR count). The smallest absolute Gasteiger partial charge is 0.323 e. The quantitative estimate of drug-likeness (QED) is 0.708. The summed E-state index contributed by atoms with van der Waals surface area (Å²) in [4.78, 5) is 41.8. The van der Waals surface area contributed by atoms with Crippen molar-refractivity contribution >= 4 is 11.9 Å². The van der Waals surface area contributed by atoms with Crippen LogP contribution in [0.2, 0.25) is 0 Å². The molecule has 4 atom stereocenters. The average molecular weight is 440 g/mol. The molecular formula is C24H29N3O5. The van der Waals surface area contributed by atoms with Crippen LogP contribution in [0.25, 0.3) is 11.1 Å². The van der Waals surface area contributed by atoms with Crippen LogP contribution in [-0.4, -0.2) is 71.7 Å². The van der Waals surface area contributed by atoms with E-state index in [1.807, 2.05) is 24.0 Å². The van der Waals surface area contributed by atoms with Gasteiger partial charge in [0.2, 0.25) is 0 Å². The van der Waals surface area contributed by atoms with Crippen molar-refractivity contribution < 1.29 is 19.4 Å². The molecular weight excluding hydrogens is 410 g/mol. The van der Waals surface area contributed by atoms with Crippen molar-refractivity contribution in [3.63, 3.8) is 0 Å². The highest BCUT2D eigenvalue weighted by molar-refractivity contribution is 5.95. The molecule has 3 heterocycles. The van der Waals surface area contributed by atoms with Crippen molar-refractivity contribution in [3.8, 4) is 11.1 Å². The monoisotopic (exact) mass is 439 g/mol. The standard InChI is InChI=1S/C24H29N3O5/c1-5-26-20-17(18(13-28)21(26)24(31)32-4)12-27-19(20)10-9-16(23(27)30)14-7-6-8-15(11-14)22(29)25(2)3/h6-11,17-18,20-21,28H,5,12-13H2,1-4H3/t17-,18-,20+,21-/m0/s1. The SMILES string of the molecule is CCN1[C@H](C(=O)OC)[C@@H](CO)[C@@H]2Cn3c(ccc(-c4cccc(C(=O)N(C)C)c4)c3=O)[C@@H]21. The minimum Gasteiger partial charge on any atom is -0.468 e. The maximum absolute atomic E-state index is 13.5. The van der Waals surface area contributed by atoms with Crippen molar-refractivity contribution in [3.05, 3.63) is 58.0 Å². The van der Waals surface area contributed by atoms with Crippen LogP contribution in [0.5, 0.6) is 0 Å². The van der Waals surface area contributed by atoms with Crippen LogP contribution in [0.3, 0.4) is 0 Å². The van der Waals surface area contributed by atoms with Crippen LogP contribution >= 0.6 is 0 Å². The van der Waals surface area contributed by atoms with Crippen LogP contribution in [0.4, 0.5) is 0 Å². The molecule has 2 aliphatic heterocycles. The highest BCUT2D eigenvalue weighted by atomic mass is 16.5. The van der Waals surface area contributed by atoms with Gasteiger partial charge in [-0.25, -0.2) is 0 Å².